The van der Waals surface area contributed by atoms with Crippen LogP contribution in [0.15, 0.2) is 48.5 Å². The van der Waals surface area contributed by atoms with Crippen LogP contribution in [0.1, 0.15) is 81.3 Å². The maximum absolute atomic E-state index is 5.35. The van der Waals surface area contributed by atoms with E-state index >= 15 is 0 Å². The summed E-state index contributed by atoms with van der Waals surface area (Å²) in [6.45, 7) is 4.24. The lowest BCUT2D eigenvalue weighted by atomic mass is 9.78. The predicted molar refractivity (Wildman–Crippen MR) is 127 cm³/mol. The van der Waals surface area contributed by atoms with Gasteiger partial charge in [0.15, 0.2) is 0 Å². The lowest BCUT2D eigenvalue weighted by molar-refractivity contribution is 0.127. The van der Waals surface area contributed by atoms with Crippen molar-refractivity contribution in [2.24, 2.45) is 5.92 Å². The third-order valence-electron chi connectivity index (χ3n) is 7.57. The molecule has 0 saturated heterocycles. The van der Waals surface area contributed by atoms with Gasteiger partial charge in [0.1, 0.15) is 0 Å². The van der Waals surface area contributed by atoms with Crippen molar-refractivity contribution in [1.29, 1.82) is 0 Å². The second-order valence-corrected chi connectivity index (χ2v) is 9.52. The fourth-order valence-corrected chi connectivity index (χ4v) is 5.71. The van der Waals surface area contributed by atoms with E-state index in [9.17, 15) is 0 Å². The molecule has 2 nitrogen and oxygen atoms in total. The van der Waals surface area contributed by atoms with Crippen LogP contribution < -0.4 is 5.32 Å². The number of methoxy groups -OCH3 is 1. The zero-order valence-electron chi connectivity index (χ0n) is 18.9. The maximum Gasteiger partial charge on any atom is 0.0490 e. The maximum atomic E-state index is 5.35. The summed E-state index contributed by atoms with van der Waals surface area (Å²) in [5.41, 5.74) is 5.73. The van der Waals surface area contributed by atoms with Crippen molar-refractivity contribution in [2.75, 3.05) is 20.3 Å². The number of hydrogen-bond donors (Lipinski definition) is 1. The molecule has 0 aliphatic heterocycles. The molecule has 0 radical (unpaired) electrons. The highest BCUT2D eigenvalue weighted by molar-refractivity contribution is 5.64. The summed E-state index contributed by atoms with van der Waals surface area (Å²) in [6.07, 6.45) is 10.5. The Kier molecular flexibility index (Phi) is 7.62. The molecular weight excluding hydrogens is 366 g/mol. The highest BCUT2D eigenvalue weighted by Gasteiger charge is 2.23. The van der Waals surface area contributed by atoms with Crippen LogP contribution in [-0.2, 0) is 4.74 Å². The summed E-state index contributed by atoms with van der Waals surface area (Å²) in [5.74, 6) is 2.23. The quantitative estimate of drug-likeness (QED) is 0.540. The monoisotopic (exact) mass is 405 g/mol. The highest BCUT2D eigenvalue weighted by Crippen LogP contribution is 2.37. The first kappa shape index (κ1) is 21.6. The highest BCUT2D eigenvalue weighted by atomic mass is 16.5. The molecule has 1 N–H and O–H groups in total. The van der Waals surface area contributed by atoms with Gasteiger partial charge in [0, 0.05) is 19.8 Å². The topological polar surface area (TPSA) is 21.3 Å². The number of ether oxygens (including phenoxy) is 1. The molecule has 30 heavy (non-hydrogen) atoms. The van der Waals surface area contributed by atoms with E-state index < -0.39 is 0 Å². The minimum atomic E-state index is 0.729. The molecule has 0 atom stereocenters. The van der Waals surface area contributed by atoms with Crippen LogP contribution in [0.25, 0.3) is 11.1 Å². The van der Waals surface area contributed by atoms with E-state index in [0.29, 0.717) is 0 Å². The standard InChI is InChI=1S/C28H39NO/c1-3-29-28-18-16-27(17-19-28)26-14-12-25(13-15-26)24-10-8-23(9-11-24)22-6-4-21(5-7-22)20-30-2/h8-15,21-22,27-29H,3-7,16-20H2,1-2H3. The molecule has 0 unspecified atom stereocenters. The van der Waals surface area contributed by atoms with Gasteiger partial charge in [0.05, 0.1) is 0 Å². The lowest BCUT2D eigenvalue weighted by Gasteiger charge is -2.29. The van der Waals surface area contributed by atoms with Crippen LogP contribution >= 0.6 is 0 Å². The fraction of sp³-hybridized carbons (Fsp3) is 0.571. The third kappa shape index (κ3) is 5.34. The third-order valence-corrected chi connectivity index (χ3v) is 7.57. The molecular formula is C28H39NO. The van der Waals surface area contributed by atoms with Gasteiger partial charge in [-0.05, 0) is 97.9 Å². The summed E-state index contributed by atoms with van der Waals surface area (Å²) in [6, 6.07) is 19.5. The summed E-state index contributed by atoms with van der Waals surface area (Å²) in [4.78, 5) is 0. The van der Waals surface area contributed by atoms with Gasteiger partial charge < -0.3 is 10.1 Å². The van der Waals surface area contributed by atoms with E-state index in [0.717, 1.165) is 36.9 Å². The molecule has 2 heteroatoms. The Bertz CT molecular complexity index is 683. The largest absolute Gasteiger partial charge is 0.384 e. The number of hydrogen-bond acceptors (Lipinski definition) is 2. The van der Waals surface area contributed by atoms with Gasteiger partial charge in [-0.3, -0.25) is 0 Å². The molecule has 2 aliphatic rings. The van der Waals surface area contributed by atoms with E-state index in [1.807, 2.05) is 7.11 Å². The van der Waals surface area contributed by atoms with Crippen molar-refractivity contribution in [2.45, 2.75) is 76.2 Å². The second kappa shape index (κ2) is 10.6. The molecule has 0 bridgehead atoms. The molecule has 0 amide bonds. The van der Waals surface area contributed by atoms with Crippen molar-refractivity contribution in [3.63, 3.8) is 0 Å². The van der Waals surface area contributed by atoms with E-state index in [1.54, 1.807) is 0 Å². The summed E-state index contributed by atoms with van der Waals surface area (Å²) < 4.78 is 5.35. The van der Waals surface area contributed by atoms with Crippen LogP contribution in [0.3, 0.4) is 0 Å². The van der Waals surface area contributed by atoms with E-state index in [2.05, 4.69) is 60.8 Å². The van der Waals surface area contributed by atoms with Crippen LogP contribution in [0, 0.1) is 5.92 Å². The van der Waals surface area contributed by atoms with Gasteiger partial charge in [-0.25, -0.2) is 0 Å². The number of rotatable bonds is 7. The van der Waals surface area contributed by atoms with Crippen LogP contribution in [-0.4, -0.2) is 26.3 Å². The van der Waals surface area contributed by atoms with Crippen LogP contribution in [0.5, 0.6) is 0 Å². The Hall–Kier alpha value is -1.64. The average Bonchev–Trinajstić information content (AvgIpc) is 2.81. The molecule has 2 aromatic rings. The Morgan fingerprint density at radius 3 is 1.60 bits per heavy atom. The molecule has 162 valence electrons. The van der Waals surface area contributed by atoms with Gasteiger partial charge in [-0.2, -0.15) is 0 Å². The second-order valence-electron chi connectivity index (χ2n) is 9.52. The smallest absolute Gasteiger partial charge is 0.0490 e. The van der Waals surface area contributed by atoms with Gasteiger partial charge in [-0.15, -0.1) is 0 Å². The molecule has 4 rings (SSSR count). The summed E-state index contributed by atoms with van der Waals surface area (Å²) in [5, 5.41) is 3.62. The molecule has 2 fully saturated rings. The van der Waals surface area contributed by atoms with Crippen molar-refractivity contribution in [3.8, 4) is 11.1 Å². The summed E-state index contributed by atoms with van der Waals surface area (Å²) >= 11 is 0. The first-order chi connectivity index (χ1) is 14.8. The van der Waals surface area contributed by atoms with Crippen molar-refractivity contribution in [1.82, 2.24) is 5.32 Å². The molecule has 0 aromatic heterocycles. The molecule has 0 spiro atoms. The van der Waals surface area contributed by atoms with Crippen LogP contribution in [0.2, 0.25) is 0 Å². The Balaban J connectivity index is 1.33. The normalized spacial score (nSPS) is 27.1. The molecule has 2 saturated carbocycles. The Labute approximate surface area is 183 Å². The molecule has 0 heterocycles. The van der Waals surface area contributed by atoms with Crippen molar-refractivity contribution >= 4 is 0 Å². The van der Waals surface area contributed by atoms with Crippen molar-refractivity contribution in [3.05, 3.63) is 59.7 Å². The Morgan fingerprint density at radius 1 is 0.700 bits per heavy atom. The zero-order valence-corrected chi connectivity index (χ0v) is 18.9. The minimum Gasteiger partial charge on any atom is -0.384 e. The van der Waals surface area contributed by atoms with Gasteiger partial charge in [0.2, 0.25) is 0 Å². The fourth-order valence-electron chi connectivity index (χ4n) is 5.71. The summed E-state index contributed by atoms with van der Waals surface area (Å²) in [7, 11) is 1.83. The minimum absolute atomic E-state index is 0.729. The van der Waals surface area contributed by atoms with Gasteiger partial charge in [-0.1, -0.05) is 55.5 Å². The predicted octanol–water partition coefficient (Wildman–Crippen LogP) is 6.91. The Morgan fingerprint density at radius 2 is 1.17 bits per heavy atom. The van der Waals surface area contributed by atoms with E-state index in [-0.39, 0.29) is 0 Å². The SMILES string of the molecule is CCNC1CCC(c2ccc(-c3ccc(C4CCC(COC)CC4)cc3)cc2)CC1. The van der Waals surface area contributed by atoms with Crippen LogP contribution in [0.4, 0.5) is 0 Å². The molecule has 2 aromatic carbocycles. The first-order valence-electron chi connectivity index (χ1n) is 12.2. The zero-order chi connectivity index (χ0) is 20.8. The number of nitrogens with one attached hydrogen (secondary N) is 1. The molecule has 2 aliphatic carbocycles. The van der Waals surface area contributed by atoms with E-state index in [4.69, 9.17) is 4.74 Å². The van der Waals surface area contributed by atoms with Gasteiger partial charge in [0.25, 0.3) is 0 Å². The van der Waals surface area contributed by atoms with Gasteiger partial charge >= 0.3 is 0 Å². The number of benzene rings is 2. The first-order valence-corrected chi connectivity index (χ1v) is 12.2. The average molecular weight is 406 g/mol. The van der Waals surface area contributed by atoms with Crippen molar-refractivity contribution < 1.29 is 4.74 Å². The lowest BCUT2D eigenvalue weighted by Crippen LogP contribution is -2.32. The van der Waals surface area contributed by atoms with E-state index in [1.165, 1.54) is 73.6 Å².